The van der Waals surface area contributed by atoms with Gasteiger partial charge in [0.2, 0.25) is 5.91 Å². The van der Waals surface area contributed by atoms with Gasteiger partial charge in [-0.15, -0.1) is 0 Å². The van der Waals surface area contributed by atoms with Crippen molar-refractivity contribution >= 4 is 23.5 Å². The Kier molecular flexibility index (Phi) is 5.20. The van der Waals surface area contributed by atoms with Gasteiger partial charge in [0, 0.05) is 13.1 Å². The number of ether oxygens (including phenoxy) is 1. The molecule has 1 heterocycles. The molecule has 0 aliphatic carbocycles. The lowest BCUT2D eigenvalue weighted by Crippen LogP contribution is -2.40. The topological polar surface area (TPSA) is 87.2 Å². The minimum atomic E-state index is -0.416. The van der Waals surface area contributed by atoms with Crippen molar-refractivity contribution in [1.29, 1.82) is 0 Å². The number of rotatable bonds is 5. The summed E-state index contributed by atoms with van der Waals surface area (Å²) in [7, 11) is 0. The number of likely N-dealkylation sites (N-methyl/N-ethyl adjacent to an activating group) is 1. The second kappa shape index (κ2) is 7.13. The average Bonchev–Trinajstić information content (AvgIpc) is 2.61. The van der Waals surface area contributed by atoms with Crippen LogP contribution in [0.2, 0.25) is 0 Å². The van der Waals surface area contributed by atoms with Crippen molar-refractivity contribution in [1.82, 2.24) is 4.90 Å². The summed E-state index contributed by atoms with van der Waals surface area (Å²) < 4.78 is 4.84. The van der Waals surface area contributed by atoms with E-state index in [0.29, 0.717) is 12.2 Å². The predicted octanol–water partition coefficient (Wildman–Crippen LogP) is 1.15. The van der Waals surface area contributed by atoms with Gasteiger partial charge in [0.15, 0.2) is 0 Å². The van der Waals surface area contributed by atoms with E-state index in [1.54, 1.807) is 13.0 Å². The molecule has 0 radical (unpaired) electrons. The summed E-state index contributed by atoms with van der Waals surface area (Å²) in [5.41, 5.74) is 0.723. The van der Waals surface area contributed by atoms with Crippen molar-refractivity contribution in [3.63, 3.8) is 0 Å². The summed E-state index contributed by atoms with van der Waals surface area (Å²) in [6.07, 6.45) is 0.0210. The van der Waals surface area contributed by atoms with E-state index in [9.17, 15) is 19.5 Å². The van der Waals surface area contributed by atoms with Crippen LogP contribution in [-0.2, 0) is 14.3 Å². The molecule has 1 aromatic rings. The summed E-state index contributed by atoms with van der Waals surface area (Å²) in [6, 6.07) is 4.34. The van der Waals surface area contributed by atoms with Gasteiger partial charge in [-0.2, -0.15) is 0 Å². The molecule has 7 heteroatoms. The first-order valence-electron chi connectivity index (χ1n) is 7.56. The molecule has 1 N–H and O–H groups in total. The number of fused-ring (bicyclic) bond motifs is 1. The highest BCUT2D eigenvalue weighted by Gasteiger charge is 2.31. The minimum Gasteiger partial charge on any atom is -0.508 e. The van der Waals surface area contributed by atoms with Crippen LogP contribution in [0.15, 0.2) is 18.2 Å². The lowest BCUT2D eigenvalue weighted by Gasteiger charge is -2.21. The monoisotopic (exact) mass is 320 g/mol. The zero-order valence-corrected chi connectivity index (χ0v) is 13.2. The van der Waals surface area contributed by atoms with Gasteiger partial charge in [-0.1, -0.05) is 0 Å². The molecule has 1 aliphatic rings. The van der Waals surface area contributed by atoms with Crippen LogP contribution < -0.4 is 4.90 Å². The molecule has 7 nitrogen and oxygen atoms in total. The van der Waals surface area contributed by atoms with Crippen LogP contribution in [0.3, 0.4) is 0 Å². The fourth-order valence-electron chi connectivity index (χ4n) is 2.54. The first-order valence-corrected chi connectivity index (χ1v) is 7.56. The standard InChI is InChI=1S/C16H20N2O5/c1-3-18-13-6-5-11(19)9-12(13)16(22)17(10-14(18)20)8-7-15(21)23-4-2/h5-6,9,19H,3-4,7-8,10H2,1-2H3. The van der Waals surface area contributed by atoms with Gasteiger partial charge < -0.3 is 19.6 Å². The van der Waals surface area contributed by atoms with Gasteiger partial charge in [-0.05, 0) is 32.0 Å². The van der Waals surface area contributed by atoms with Crippen molar-refractivity contribution in [2.45, 2.75) is 20.3 Å². The van der Waals surface area contributed by atoms with Gasteiger partial charge in [0.1, 0.15) is 12.3 Å². The van der Waals surface area contributed by atoms with Crippen LogP contribution >= 0.6 is 0 Å². The smallest absolute Gasteiger partial charge is 0.307 e. The maximum Gasteiger partial charge on any atom is 0.307 e. The van der Waals surface area contributed by atoms with Gasteiger partial charge in [-0.25, -0.2) is 0 Å². The molecule has 0 bridgehead atoms. The number of phenols is 1. The van der Waals surface area contributed by atoms with E-state index in [1.807, 2.05) is 6.92 Å². The van der Waals surface area contributed by atoms with E-state index < -0.39 is 5.97 Å². The van der Waals surface area contributed by atoms with E-state index in [4.69, 9.17) is 4.74 Å². The van der Waals surface area contributed by atoms with Gasteiger partial charge >= 0.3 is 5.97 Å². The van der Waals surface area contributed by atoms with Crippen molar-refractivity contribution in [2.75, 3.05) is 31.1 Å². The zero-order valence-electron chi connectivity index (χ0n) is 13.2. The number of amides is 2. The molecule has 0 saturated heterocycles. The fourth-order valence-corrected chi connectivity index (χ4v) is 2.54. The largest absolute Gasteiger partial charge is 0.508 e. The van der Waals surface area contributed by atoms with E-state index in [-0.39, 0.29) is 49.2 Å². The van der Waals surface area contributed by atoms with Gasteiger partial charge in [-0.3, -0.25) is 14.4 Å². The number of carbonyl (C=O) groups excluding carboxylic acids is 3. The van der Waals surface area contributed by atoms with Gasteiger partial charge in [0.25, 0.3) is 5.91 Å². The van der Waals surface area contributed by atoms with Crippen LogP contribution in [0.4, 0.5) is 5.69 Å². The summed E-state index contributed by atoms with van der Waals surface area (Å²) >= 11 is 0. The van der Waals surface area contributed by atoms with Crippen molar-refractivity contribution in [2.24, 2.45) is 0 Å². The molecule has 124 valence electrons. The second-order valence-corrected chi connectivity index (χ2v) is 5.12. The van der Waals surface area contributed by atoms with Crippen LogP contribution in [0, 0.1) is 0 Å². The molecular weight excluding hydrogens is 300 g/mol. The molecule has 0 saturated carbocycles. The Hall–Kier alpha value is -2.57. The SMILES string of the molecule is CCOC(=O)CCN1CC(=O)N(CC)c2ccc(O)cc2C1=O. The highest BCUT2D eigenvalue weighted by Crippen LogP contribution is 2.29. The Morgan fingerprint density at radius 2 is 2.04 bits per heavy atom. The zero-order chi connectivity index (χ0) is 17.0. The normalized spacial score (nSPS) is 14.5. The Morgan fingerprint density at radius 1 is 1.30 bits per heavy atom. The Morgan fingerprint density at radius 3 is 2.70 bits per heavy atom. The predicted molar refractivity (Wildman–Crippen MR) is 83.3 cm³/mol. The molecule has 0 fully saturated rings. The lowest BCUT2D eigenvalue weighted by molar-refractivity contribution is -0.143. The highest BCUT2D eigenvalue weighted by atomic mass is 16.5. The number of benzene rings is 1. The number of anilines is 1. The third-order valence-corrected chi connectivity index (χ3v) is 3.62. The van der Waals surface area contributed by atoms with Crippen LogP contribution in [0.25, 0.3) is 0 Å². The van der Waals surface area contributed by atoms with Gasteiger partial charge in [0.05, 0.1) is 24.3 Å². The molecular formula is C16H20N2O5. The summed E-state index contributed by atoms with van der Waals surface area (Å²) in [5.74, 6) is -1.08. The number of phenolic OH excluding ortho intramolecular Hbond substituents is 1. The first-order chi connectivity index (χ1) is 11.0. The Labute approximate surface area is 134 Å². The Balaban J connectivity index is 2.29. The first kappa shape index (κ1) is 16.8. The molecule has 1 aromatic carbocycles. The number of nitrogens with zero attached hydrogens (tertiary/aromatic N) is 2. The van der Waals surface area contributed by atoms with Crippen LogP contribution in [0.1, 0.15) is 30.6 Å². The second-order valence-electron chi connectivity index (χ2n) is 5.12. The third-order valence-electron chi connectivity index (χ3n) is 3.62. The fraction of sp³-hybridized carbons (Fsp3) is 0.438. The minimum absolute atomic E-state index is 0.0210. The van der Waals surface area contributed by atoms with Crippen LogP contribution in [0.5, 0.6) is 5.75 Å². The average molecular weight is 320 g/mol. The number of esters is 1. The molecule has 2 amide bonds. The number of carbonyl (C=O) groups is 3. The summed E-state index contributed by atoms with van der Waals surface area (Å²) in [5, 5.41) is 9.65. The molecule has 2 rings (SSSR count). The van der Waals surface area contributed by atoms with E-state index in [2.05, 4.69) is 0 Å². The highest BCUT2D eigenvalue weighted by molar-refractivity contribution is 6.09. The van der Waals surface area contributed by atoms with E-state index in [1.165, 1.54) is 21.9 Å². The quantitative estimate of drug-likeness (QED) is 0.823. The maximum atomic E-state index is 12.7. The number of hydrogen-bond acceptors (Lipinski definition) is 5. The van der Waals surface area contributed by atoms with Crippen molar-refractivity contribution in [3.8, 4) is 5.75 Å². The summed E-state index contributed by atoms with van der Waals surface area (Å²) in [6.45, 7) is 4.18. The Bertz CT molecular complexity index is 629. The van der Waals surface area contributed by atoms with E-state index >= 15 is 0 Å². The molecule has 0 aromatic heterocycles. The molecule has 23 heavy (non-hydrogen) atoms. The molecule has 0 unspecified atom stereocenters. The molecule has 0 atom stereocenters. The van der Waals surface area contributed by atoms with Crippen LogP contribution in [-0.4, -0.2) is 54.0 Å². The molecule has 0 spiro atoms. The third kappa shape index (κ3) is 3.61. The number of hydrogen-bond donors (Lipinski definition) is 1. The van der Waals surface area contributed by atoms with Crippen molar-refractivity contribution < 1.29 is 24.2 Å². The summed E-state index contributed by atoms with van der Waals surface area (Å²) in [4.78, 5) is 39.3. The molecule has 1 aliphatic heterocycles. The van der Waals surface area contributed by atoms with E-state index in [0.717, 1.165) is 0 Å². The number of aromatic hydroxyl groups is 1. The lowest BCUT2D eigenvalue weighted by atomic mass is 10.1. The van der Waals surface area contributed by atoms with Crippen molar-refractivity contribution in [3.05, 3.63) is 23.8 Å². The maximum absolute atomic E-state index is 12.7.